The highest BCUT2D eigenvalue weighted by Crippen LogP contribution is 2.20. The number of nitro groups is 1. The highest BCUT2D eigenvalue weighted by atomic mass is 35.5. The SMILES string of the molecule is O=[N+]([O-])c1ccccc1/C=N/NC(=S)Nc1ccccc1Cl. The van der Waals surface area contributed by atoms with E-state index in [1.54, 1.807) is 36.4 Å². The molecular weight excluding hydrogens is 324 g/mol. The van der Waals surface area contributed by atoms with Crippen LogP contribution in [0.25, 0.3) is 0 Å². The molecule has 8 heteroatoms. The van der Waals surface area contributed by atoms with Gasteiger partial charge in [0.15, 0.2) is 5.11 Å². The number of rotatable bonds is 4. The molecule has 0 aliphatic carbocycles. The number of hydrogen-bond acceptors (Lipinski definition) is 4. The van der Waals surface area contributed by atoms with Crippen molar-refractivity contribution in [2.75, 3.05) is 5.32 Å². The Morgan fingerprint density at radius 3 is 2.64 bits per heavy atom. The van der Waals surface area contributed by atoms with Gasteiger partial charge in [0, 0.05) is 6.07 Å². The van der Waals surface area contributed by atoms with Crippen molar-refractivity contribution in [2.45, 2.75) is 0 Å². The van der Waals surface area contributed by atoms with Crippen molar-refractivity contribution >= 4 is 46.5 Å². The lowest BCUT2D eigenvalue weighted by Gasteiger charge is -2.08. The third kappa shape index (κ3) is 4.24. The van der Waals surface area contributed by atoms with Crippen molar-refractivity contribution in [3.05, 3.63) is 69.2 Å². The molecule has 0 saturated carbocycles. The second kappa shape index (κ2) is 7.48. The van der Waals surface area contributed by atoms with Gasteiger partial charge in [-0.3, -0.25) is 15.5 Å². The Morgan fingerprint density at radius 2 is 1.91 bits per heavy atom. The van der Waals surface area contributed by atoms with Gasteiger partial charge in [0.1, 0.15) is 0 Å². The van der Waals surface area contributed by atoms with Crippen LogP contribution >= 0.6 is 23.8 Å². The molecule has 2 aromatic carbocycles. The second-order valence-corrected chi connectivity index (χ2v) is 4.94. The van der Waals surface area contributed by atoms with Gasteiger partial charge in [-0.1, -0.05) is 35.9 Å². The third-order valence-corrected chi connectivity index (χ3v) is 3.15. The Balaban J connectivity index is 2.00. The standard InChI is InChI=1S/C14H11ClN4O2S/c15-11-6-2-3-7-12(11)17-14(22)18-16-9-10-5-1-4-8-13(10)19(20)21/h1-9H,(H2,17,18,22)/b16-9+. The summed E-state index contributed by atoms with van der Waals surface area (Å²) in [5.41, 5.74) is 3.57. The van der Waals surface area contributed by atoms with E-state index in [0.717, 1.165) is 0 Å². The summed E-state index contributed by atoms with van der Waals surface area (Å²) in [4.78, 5) is 10.4. The first-order valence-corrected chi connectivity index (χ1v) is 6.94. The minimum atomic E-state index is -0.471. The smallest absolute Gasteiger partial charge is 0.278 e. The maximum atomic E-state index is 10.9. The van der Waals surface area contributed by atoms with Gasteiger partial charge in [0.05, 0.1) is 27.4 Å². The molecule has 0 aliphatic rings. The molecule has 0 fully saturated rings. The van der Waals surface area contributed by atoms with Gasteiger partial charge < -0.3 is 5.32 Å². The lowest BCUT2D eigenvalue weighted by molar-refractivity contribution is -0.385. The van der Waals surface area contributed by atoms with E-state index in [-0.39, 0.29) is 10.8 Å². The van der Waals surface area contributed by atoms with E-state index in [9.17, 15) is 10.1 Å². The topological polar surface area (TPSA) is 79.6 Å². The summed E-state index contributed by atoms with van der Waals surface area (Å²) in [6, 6.07) is 13.4. The Morgan fingerprint density at radius 1 is 1.23 bits per heavy atom. The van der Waals surface area contributed by atoms with Crippen LogP contribution in [0.5, 0.6) is 0 Å². The molecule has 0 aliphatic heterocycles. The first-order valence-electron chi connectivity index (χ1n) is 6.16. The number of benzene rings is 2. The maximum Gasteiger partial charge on any atom is 0.278 e. The average molecular weight is 335 g/mol. The number of hydrogen-bond donors (Lipinski definition) is 2. The van der Waals surface area contributed by atoms with Gasteiger partial charge in [0.2, 0.25) is 0 Å². The molecule has 112 valence electrons. The molecule has 6 nitrogen and oxygen atoms in total. The third-order valence-electron chi connectivity index (χ3n) is 2.63. The van der Waals surface area contributed by atoms with Crippen molar-refractivity contribution in [3.8, 4) is 0 Å². The second-order valence-electron chi connectivity index (χ2n) is 4.12. The van der Waals surface area contributed by atoms with Gasteiger partial charge in [-0.05, 0) is 30.4 Å². The van der Waals surface area contributed by atoms with E-state index in [0.29, 0.717) is 16.3 Å². The van der Waals surface area contributed by atoms with Crippen molar-refractivity contribution in [2.24, 2.45) is 5.10 Å². The van der Waals surface area contributed by atoms with Crippen LogP contribution in [0.1, 0.15) is 5.56 Å². The number of para-hydroxylation sites is 2. The highest BCUT2D eigenvalue weighted by Gasteiger charge is 2.09. The lowest BCUT2D eigenvalue weighted by atomic mass is 10.2. The van der Waals surface area contributed by atoms with E-state index in [1.165, 1.54) is 12.3 Å². The minimum absolute atomic E-state index is 0.0296. The number of anilines is 1. The molecular formula is C14H11ClN4O2S. The molecule has 2 rings (SSSR count). The monoisotopic (exact) mass is 334 g/mol. The van der Waals surface area contributed by atoms with E-state index in [1.807, 2.05) is 6.07 Å². The number of thiocarbonyl (C=S) groups is 1. The summed E-state index contributed by atoms with van der Waals surface area (Å²) in [6.45, 7) is 0. The van der Waals surface area contributed by atoms with Gasteiger partial charge in [-0.15, -0.1) is 0 Å². The number of nitrogens with zero attached hydrogens (tertiary/aromatic N) is 2. The van der Waals surface area contributed by atoms with Gasteiger partial charge in [-0.2, -0.15) is 5.10 Å². The van der Waals surface area contributed by atoms with Gasteiger partial charge >= 0.3 is 0 Å². The van der Waals surface area contributed by atoms with Crippen LogP contribution < -0.4 is 10.7 Å². The molecule has 0 aromatic heterocycles. The summed E-state index contributed by atoms with van der Waals surface area (Å²) >= 11 is 11.1. The Bertz CT molecular complexity index is 736. The van der Waals surface area contributed by atoms with Crippen LogP contribution in [-0.4, -0.2) is 16.3 Å². The molecule has 0 unspecified atom stereocenters. The van der Waals surface area contributed by atoms with Crippen LogP contribution in [0.3, 0.4) is 0 Å². The summed E-state index contributed by atoms with van der Waals surface area (Å²) in [7, 11) is 0. The quantitative estimate of drug-likeness (QED) is 0.387. The molecule has 0 saturated heterocycles. The van der Waals surface area contributed by atoms with Gasteiger partial charge in [-0.25, -0.2) is 0 Å². The number of hydrazone groups is 1. The average Bonchev–Trinajstić information content (AvgIpc) is 2.50. The first kappa shape index (κ1) is 15.9. The molecule has 0 atom stereocenters. The van der Waals surface area contributed by atoms with Gasteiger partial charge in [0.25, 0.3) is 5.69 Å². The number of nitrogens with one attached hydrogen (secondary N) is 2. The van der Waals surface area contributed by atoms with E-state index in [4.69, 9.17) is 23.8 Å². The van der Waals surface area contributed by atoms with E-state index in [2.05, 4.69) is 15.8 Å². The Hall–Kier alpha value is -2.51. The summed E-state index contributed by atoms with van der Waals surface area (Å²) < 4.78 is 0. The Labute approximate surface area is 136 Å². The van der Waals surface area contributed by atoms with Crippen molar-refractivity contribution < 1.29 is 4.92 Å². The van der Waals surface area contributed by atoms with Crippen LogP contribution in [-0.2, 0) is 0 Å². The van der Waals surface area contributed by atoms with Crippen LogP contribution in [0.15, 0.2) is 53.6 Å². The van der Waals surface area contributed by atoms with Crippen molar-refractivity contribution in [1.29, 1.82) is 0 Å². The summed E-state index contributed by atoms with van der Waals surface area (Å²) in [6.07, 6.45) is 1.33. The molecule has 22 heavy (non-hydrogen) atoms. The zero-order valence-electron chi connectivity index (χ0n) is 11.2. The normalized spacial score (nSPS) is 10.4. The predicted molar refractivity (Wildman–Crippen MR) is 91.5 cm³/mol. The van der Waals surface area contributed by atoms with E-state index >= 15 is 0 Å². The number of nitro benzene ring substituents is 1. The largest absolute Gasteiger partial charge is 0.330 e. The molecule has 0 amide bonds. The Kier molecular flexibility index (Phi) is 5.40. The molecule has 2 aromatic rings. The van der Waals surface area contributed by atoms with Crippen LogP contribution in [0.4, 0.5) is 11.4 Å². The molecule has 0 radical (unpaired) electrons. The zero-order valence-corrected chi connectivity index (χ0v) is 12.8. The number of halogens is 1. The fraction of sp³-hybridized carbons (Fsp3) is 0. The fourth-order valence-electron chi connectivity index (χ4n) is 1.64. The van der Waals surface area contributed by atoms with Crippen LogP contribution in [0.2, 0.25) is 5.02 Å². The summed E-state index contributed by atoms with van der Waals surface area (Å²) in [5, 5.41) is 18.4. The molecule has 0 spiro atoms. The molecule has 2 N–H and O–H groups in total. The van der Waals surface area contributed by atoms with E-state index < -0.39 is 4.92 Å². The minimum Gasteiger partial charge on any atom is -0.330 e. The molecule has 0 bridgehead atoms. The zero-order chi connectivity index (χ0) is 15.9. The lowest BCUT2D eigenvalue weighted by Crippen LogP contribution is -2.24. The maximum absolute atomic E-state index is 10.9. The fourth-order valence-corrected chi connectivity index (χ4v) is 1.98. The van der Waals surface area contributed by atoms with Crippen LogP contribution in [0, 0.1) is 10.1 Å². The van der Waals surface area contributed by atoms with Crippen molar-refractivity contribution in [1.82, 2.24) is 5.43 Å². The molecule has 0 heterocycles. The first-order chi connectivity index (χ1) is 10.6. The predicted octanol–water partition coefficient (Wildman–Crippen LogP) is 3.57. The van der Waals surface area contributed by atoms with Crippen molar-refractivity contribution in [3.63, 3.8) is 0 Å². The highest BCUT2D eigenvalue weighted by molar-refractivity contribution is 7.80. The summed E-state index contributed by atoms with van der Waals surface area (Å²) in [5.74, 6) is 0.